The van der Waals surface area contributed by atoms with Crippen LogP contribution in [0.1, 0.15) is 11.1 Å². The van der Waals surface area contributed by atoms with Crippen molar-refractivity contribution in [1.82, 2.24) is 14.9 Å². The fraction of sp³-hybridized carbons (Fsp3) is 0.158. The van der Waals surface area contributed by atoms with Crippen LogP contribution in [-0.2, 0) is 21.7 Å². The van der Waals surface area contributed by atoms with Crippen LogP contribution in [0.4, 0.5) is 5.69 Å². The van der Waals surface area contributed by atoms with Gasteiger partial charge in [-0.1, -0.05) is 48.5 Å². The number of benzene rings is 2. The van der Waals surface area contributed by atoms with Gasteiger partial charge in [0.1, 0.15) is 12.7 Å². The van der Waals surface area contributed by atoms with Gasteiger partial charge < -0.3 is 4.90 Å². The Morgan fingerprint density at radius 2 is 1.63 bits per heavy atom. The van der Waals surface area contributed by atoms with Crippen LogP contribution in [0.5, 0.6) is 0 Å². The second-order valence-electron chi connectivity index (χ2n) is 6.51. The average molecular weight is 380 g/mol. The molecule has 1 saturated heterocycles. The number of rotatable bonds is 3. The van der Waals surface area contributed by atoms with Gasteiger partial charge in [0.2, 0.25) is 0 Å². The van der Waals surface area contributed by atoms with Gasteiger partial charge in [-0.25, -0.2) is 9.69 Å². The molecule has 7 nitrogen and oxygen atoms in total. The van der Waals surface area contributed by atoms with Crippen LogP contribution in [0.2, 0.25) is 0 Å². The molecule has 1 aromatic heterocycles. The quantitative estimate of drug-likeness (QED) is 0.514. The van der Waals surface area contributed by atoms with Crippen molar-refractivity contribution in [2.24, 2.45) is 0 Å². The fourth-order valence-electron chi connectivity index (χ4n) is 3.93. The van der Waals surface area contributed by atoms with Crippen molar-refractivity contribution < 1.29 is 9.59 Å². The zero-order valence-corrected chi connectivity index (χ0v) is 14.8. The maximum absolute atomic E-state index is 13.6. The second-order valence-corrected chi connectivity index (χ2v) is 6.95. The molecule has 0 aliphatic carbocycles. The number of halogens is 1. The molecule has 3 heterocycles. The third-order valence-corrected chi connectivity index (χ3v) is 5.63. The Balaban J connectivity index is 1.66. The van der Waals surface area contributed by atoms with Gasteiger partial charge >= 0.3 is 0 Å². The lowest BCUT2D eigenvalue weighted by atomic mass is 9.79. The summed E-state index contributed by atoms with van der Waals surface area (Å²) in [6.45, 7) is 0.395. The lowest BCUT2D eigenvalue weighted by Crippen LogP contribution is -2.77. The van der Waals surface area contributed by atoms with Crippen LogP contribution in [0.15, 0.2) is 67.3 Å². The summed E-state index contributed by atoms with van der Waals surface area (Å²) in [5.74, 6) is -0.595. The number of carbonyl (C=O) groups excluding carboxylic acids is 2. The second kappa shape index (κ2) is 5.65. The van der Waals surface area contributed by atoms with Gasteiger partial charge in [0.05, 0.1) is 12.2 Å². The highest BCUT2D eigenvalue weighted by Crippen LogP contribution is 2.53. The third kappa shape index (κ3) is 1.97. The first-order chi connectivity index (χ1) is 13.2. The number of alkyl halides is 1. The van der Waals surface area contributed by atoms with Crippen molar-refractivity contribution in [2.75, 3.05) is 9.91 Å². The zero-order valence-electron chi connectivity index (χ0n) is 14.1. The molecular formula is C19H14ClN5O2. The van der Waals surface area contributed by atoms with E-state index in [2.05, 4.69) is 10.2 Å². The number of β-lactam (4-membered cyclic amide) rings is 1. The first kappa shape index (κ1) is 16.0. The molecule has 2 aromatic carbocycles. The fourth-order valence-corrected chi connectivity index (χ4v) is 4.33. The lowest BCUT2D eigenvalue weighted by molar-refractivity contribution is -0.140. The molecule has 5 rings (SSSR count). The van der Waals surface area contributed by atoms with Crippen molar-refractivity contribution in [3.8, 4) is 0 Å². The Hall–Kier alpha value is -3.19. The van der Waals surface area contributed by atoms with E-state index < -0.39 is 10.9 Å². The minimum Gasteiger partial charge on any atom is -0.305 e. The highest BCUT2D eigenvalue weighted by atomic mass is 35.5. The zero-order chi connectivity index (χ0) is 18.6. The lowest BCUT2D eigenvalue weighted by Gasteiger charge is -2.51. The molecule has 2 unspecified atom stereocenters. The molecule has 1 fully saturated rings. The van der Waals surface area contributed by atoms with Gasteiger partial charge in [-0.3, -0.25) is 9.59 Å². The minimum absolute atomic E-state index is 0.235. The summed E-state index contributed by atoms with van der Waals surface area (Å²) in [6.07, 6.45) is 2.77. The highest BCUT2D eigenvalue weighted by Gasteiger charge is 2.71. The predicted octanol–water partition coefficient (Wildman–Crippen LogP) is 1.81. The van der Waals surface area contributed by atoms with E-state index in [0.29, 0.717) is 12.1 Å². The molecule has 3 aromatic rings. The van der Waals surface area contributed by atoms with E-state index in [1.807, 2.05) is 54.6 Å². The van der Waals surface area contributed by atoms with E-state index in [1.54, 1.807) is 4.90 Å². The Kier molecular flexibility index (Phi) is 3.35. The van der Waals surface area contributed by atoms with Crippen LogP contribution >= 0.6 is 11.6 Å². The maximum Gasteiger partial charge on any atom is 0.264 e. The number of nitrogens with zero attached hydrogens (tertiary/aromatic N) is 5. The van der Waals surface area contributed by atoms with Crippen molar-refractivity contribution >= 4 is 29.1 Å². The van der Waals surface area contributed by atoms with Gasteiger partial charge in [0.15, 0.2) is 10.9 Å². The molecule has 0 bridgehead atoms. The maximum atomic E-state index is 13.6. The number of carbonyl (C=O) groups is 2. The molecule has 2 aliphatic heterocycles. The standard InChI is InChI=1S/C19H14ClN5O2/c20-16-17(26)25(23-11-21-22-12-23)19(16)14-8-4-5-9-15(14)24(18(19)27)10-13-6-2-1-3-7-13/h1-9,11-12,16H,10H2. The normalized spacial score (nSPS) is 23.7. The van der Waals surface area contributed by atoms with Crippen molar-refractivity contribution in [3.05, 3.63) is 78.4 Å². The molecule has 0 N–H and O–H groups in total. The molecule has 27 heavy (non-hydrogen) atoms. The summed E-state index contributed by atoms with van der Waals surface area (Å²) in [6, 6.07) is 17.1. The van der Waals surface area contributed by atoms with E-state index in [0.717, 1.165) is 11.3 Å². The van der Waals surface area contributed by atoms with Crippen molar-refractivity contribution in [2.45, 2.75) is 17.5 Å². The number of hydrogen-bond donors (Lipinski definition) is 0. The molecule has 0 saturated carbocycles. The summed E-state index contributed by atoms with van der Waals surface area (Å²) in [5.41, 5.74) is 1.15. The number of amides is 2. The van der Waals surface area contributed by atoms with Crippen molar-refractivity contribution in [1.29, 1.82) is 0 Å². The average Bonchev–Trinajstić information content (AvgIpc) is 3.31. The first-order valence-electron chi connectivity index (χ1n) is 8.44. The number of fused-ring (bicyclic) bond motifs is 2. The van der Waals surface area contributed by atoms with Gasteiger partial charge in [-0.05, 0) is 11.6 Å². The van der Waals surface area contributed by atoms with Crippen molar-refractivity contribution in [3.63, 3.8) is 0 Å². The largest absolute Gasteiger partial charge is 0.305 e. The smallest absolute Gasteiger partial charge is 0.264 e. The number of hydrogen-bond acceptors (Lipinski definition) is 4. The summed E-state index contributed by atoms with van der Waals surface area (Å²) in [7, 11) is 0. The molecule has 134 valence electrons. The minimum atomic E-state index is -1.30. The van der Waals surface area contributed by atoms with Gasteiger partial charge in [0, 0.05) is 5.56 Å². The molecule has 2 aliphatic rings. The van der Waals surface area contributed by atoms with E-state index in [4.69, 9.17) is 11.6 Å². The molecule has 0 radical (unpaired) electrons. The Labute approximate surface area is 159 Å². The SMILES string of the molecule is O=C1C(Cl)C2(C(=O)N(Cc3ccccc3)c3ccccc32)N1n1cnnc1. The van der Waals surface area contributed by atoms with Gasteiger partial charge in [-0.2, -0.15) is 0 Å². The summed E-state index contributed by atoms with van der Waals surface area (Å²) in [5, 5.41) is 7.87. The van der Waals surface area contributed by atoms with Crippen LogP contribution in [-0.4, -0.2) is 32.1 Å². The molecular weight excluding hydrogens is 366 g/mol. The Morgan fingerprint density at radius 1 is 0.963 bits per heavy atom. The van der Waals surface area contributed by atoms with Crippen LogP contribution in [0, 0.1) is 0 Å². The first-order valence-corrected chi connectivity index (χ1v) is 8.88. The van der Waals surface area contributed by atoms with E-state index in [9.17, 15) is 9.59 Å². The monoisotopic (exact) mass is 379 g/mol. The molecule has 8 heteroatoms. The van der Waals surface area contributed by atoms with Gasteiger partial charge in [-0.15, -0.1) is 21.8 Å². The Morgan fingerprint density at radius 3 is 2.37 bits per heavy atom. The molecule has 2 amide bonds. The summed E-state index contributed by atoms with van der Waals surface area (Å²) < 4.78 is 1.42. The third-order valence-electron chi connectivity index (χ3n) is 5.12. The van der Waals surface area contributed by atoms with E-state index in [1.165, 1.54) is 22.3 Å². The Bertz CT molecular complexity index is 1040. The topological polar surface area (TPSA) is 71.3 Å². The summed E-state index contributed by atoms with van der Waals surface area (Å²) in [4.78, 5) is 27.9. The van der Waals surface area contributed by atoms with E-state index >= 15 is 0 Å². The molecule has 1 spiro atoms. The molecule has 2 atom stereocenters. The van der Waals surface area contributed by atoms with Crippen LogP contribution < -0.4 is 9.91 Å². The predicted molar refractivity (Wildman–Crippen MR) is 98.6 cm³/mol. The summed E-state index contributed by atoms with van der Waals surface area (Å²) >= 11 is 6.47. The highest BCUT2D eigenvalue weighted by molar-refractivity contribution is 6.42. The van der Waals surface area contributed by atoms with Gasteiger partial charge in [0.25, 0.3) is 11.8 Å². The number of aromatic nitrogens is 3. The number of para-hydroxylation sites is 1. The van der Waals surface area contributed by atoms with E-state index in [-0.39, 0.29) is 11.8 Å². The van der Waals surface area contributed by atoms with Crippen LogP contribution in [0.25, 0.3) is 0 Å². The van der Waals surface area contributed by atoms with Crippen LogP contribution in [0.3, 0.4) is 0 Å². The number of anilines is 1.